The van der Waals surface area contributed by atoms with Gasteiger partial charge in [-0.3, -0.25) is 0 Å². The number of morpholine rings is 1. The van der Waals surface area contributed by atoms with Gasteiger partial charge in [-0.15, -0.1) is 0 Å². The zero-order valence-electron chi connectivity index (χ0n) is 3.87. The van der Waals surface area contributed by atoms with Crippen LogP contribution < -0.4 is 0 Å². The van der Waals surface area contributed by atoms with E-state index in [9.17, 15) is 0 Å². The molecule has 0 aromatic carbocycles. The van der Waals surface area contributed by atoms with Gasteiger partial charge in [0.25, 0.3) is 0 Å². The molecule has 7 heavy (non-hydrogen) atoms. The van der Waals surface area contributed by atoms with Crippen LogP contribution in [0.1, 0.15) is 0 Å². The third kappa shape index (κ3) is 0.383. The minimum absolute atomic E-state index is 0.539. The number of hydrogen-bond acceptors (Lipinski definition) is 3. The third-order valence-electron chi connectivity index (χ3n) is 1.66. The Morgan fingerprint density at radius 3 is 2.57 bits per heavy atom. The van der Waals surface area contributed by atoms with Crippen molar-refractivity contribution in [3.05, 3.63) is 0 Å². The van der Waals surface area contributed by atoms with E-state index in [1.54, 1.807) is 0 Å². The van der Waals surface area contributed by atoms with Crippen LogP contribution in [-0.2, 0) is 4.74 Å². The summed E-state index contributed by atoms with van der Waals surface area (Å²) in [6, 6.07) is 0.656. The Labute approximate surface area is 48.0 Å². The molecule has 2 fully saturated rings. The molecule has 2 aliphatic heterocycles. The Morgan fingerprint density at radius 2 is 2.57 bits per heavy atom. The molecule has 0 radical (unpaired) electrons. The second kappa shape index (κ2) is 1.16. The van der Waals surface area contributed by atoms with Crippen LogP contribution in [0.15, 0.2) is 0 Å². The van der Waals surface area contributed by atoms with Crippen LogP contribution in [0, 0.1) is 0 Å². The van der Waals surface area contributed by atoms with Crippen molar-refractivity contribution in [2.45, 2.75) is 12.1 Å². The van der Waals surface area contributed by atoms with E-state index in [4.69, 9.17) is 4.74 Å². The van der Waals surface area contributed by atoms with Gasteiger partial charge in [0, 0.05) is 6.54 Å². The Kier molecular flexibility index (Phi) is 0.690. The van der Waals surface area contributed by atoms with E-state index >= 15 is 0 Å². The topological polar surface area (TPSA) is 12.5 Å². The average Bonchev–Trinajstić information content (AvgIpc) is 1.59. The van der Waals surface area contributed by atoms with E-state index in [1.165, 1.54) is 0 Å². The van der Waals surface area contributed by atoms with Crippen LogP contribution in [0.3, 0.4) is 0 Å². The highest BCUT2D eigenvalue weighted by atomic mass is 32.1. The molecule has 2 heterocycles. The molecule has 2 aliphatic rings. The van der Waals surface area contributed by atoms with Crippen LogP contribution in [0.25, 0.3) is 0 Å². The number of ether oxygens (including phenoxy) is 1. The van der Waals surface area contributed by atoms with E-state index in [2.05, 4.69) is 12.8 Å². The highest BCUT2D eigenvalue weighted by Crippen LogP contribution is 2.30. The Hall–Kier alpha value is 0.270. The van der Waals surface area contributed by atoms with Crippen molar-refractivity contribution in [3.63, 3.8) is 0 Å². The molecule has 0 saturated carbocycles. The Bertz CT molecular complexity index is 93.7. The number of fused-ring (bicyclic) bond motifs is 1. The normalized spacial score (nSPS) is 49.3. The van der Waals surface area contributed by atoms with Gasteiger partial charge in [0.2, 0.25) is 0 Å². The third-order valence-corrected chi connectivity index (χ3v) is 2.12. The molecule has 0 amide bonds. The standard InChI is InChI=1S/C4H7NOS/c7-5-1-4-3(5)2-6-4/h3-4,7H,1-2H2/t3?,4-/m0/s1. The van der Waals surface area contributed by atoms with Crippen LogP contribution in [0.4, 0.5) is 0 Å². The minimum atomic E-state index is 0.539. The van der Waals surface area contributed by atoms with E-state index in [0.717, 1.165) is 13.2 Å². The Morgan fingerprint density at radius 1 is 1.71 bits per heavy atom. The lowest BCUT2D eigenvalue weighted by Gasteiger charge is -2.52. The monoisotopic (exact) mass is 117 g/mol. The molecule has 2 saturated heterocycles. The van der Waals surface area contributed by atoms with Gasteiger partial charge in [-0.2, -0.15) is 0 Å². The Balaban J connectivity index is 1.99. The van der Waals surface area contributed by atoms with Gasteiger partial charge in [0.15, 0.2) is 0 Å². The highest BCUT2D eigenvalue weighted by molar-refractivity contribution is 7.77. The van der Waals surface area contributed by atoms with Crippen molar-refractivity contribution in [3.8, 4) is 0 Å². The van der Waals surface area contributed by atoms with Crippen LogP contribution >= 0.6 is 12.8 Å². The molecule has 0 bridgehead atoms. The molecule has 2 rings (SSSR count). The first-order valence-corrected chi connectivity index (χ1v) is 2.85. The second-order valence-electron chi connectivity index (χ2n) is 2.06. The van der Waals surface area contributed by atoms with E-state index in [-0.39, 0.29) is 0 Å². The van der Waals surface area contributed by atoms with Gasteiger partial charge in [-0.05, 0) is 0 Å². The molecular weight excluding hydrogens is 110 g/mol. The molecule has 0 aromatic heterocycles. The number of hydrogen-bond donors (Lipinski definition) is 1. The van der Waals surface area contributed by atoms with Crippen molar-refractivity contribution < 1.29 is 4.74 Å². The molecule has 3 heteroatoms. The van der Waals surface area contributed by atoms with Crippen molar-refractivity contribution in [1.82, 2.24) is 4.31 Å². The number of rotatable bonds is 0. The van der Waals surface area contributed by atoms with Crippen LogP contribution in [0.2, 0.25) is 0 Å². The first-order chi connectivity index (χ1) is 3.38. The summed E-state index contributed by atoms with van der Waals surface area (Å²) in [6.07, 6.45) is 0.539. The summed E-state index contributed by atoms with van der Waals surface area (Å²) in [6.45, 7) is 1.92. The summed E-state index contributed by atoms with van der Waals surface area (Å²) in [5.74, 6) is 0. The van der Waals surface area contributed by atoms with Gasteiger partial charge in [0.05, 0.1) is 18.8 Å². The molecule has 0 N–H and O–H groups in total. The lowest BCUT2D eigenvalue weighted by Crippen LogP contribution is -2.66. The van der Waals surface area contributed by atoms with Gasteiger partial charge in [0.1, 0.15) is 0 Å². The van der Waals surface area contributed by atoms with Gasteiger partial charge in [-0.25, -0.2) is 4.31 Å². The van der Waals surface area contributed by atoms with Crippen LogP contribution in [-0.4, -0.2) is 29.6 Å². The number of thiol groups is 1. The maximum Gasteiger partial charge on any atom is 0.0898 e. The maximum absolute atomic E-state index is 5.11. The number of nitrogens with zero attached hydrogens (tertiary/aromatic N) is 1. The predicted octanol–water partition coefficient (Wildman–Crippen LogP) is -0.0858. The van der Waals surface area contributed by atoms with E-state index < -0.39 is 0 Å². The molecule has 2 nitrogen and oxygen atoms in total. The van der Waals surface area contributed by atoms with E-state index in [1.807, 2.05) is 4.31 Å². The molecular formula is C4H7NOS. The molecule has 1 unspecified atom stereocenters. The maximum atomic E-state index is 5.11. The summed E-state index contributed by atoms with van der Waals surface area (Å²) in [7, 11) is 0. The minimum Gasteiger partial charge on any atom is -0.373 e. The summed E-state index contributed by atoms with van der Waals surface area (Å²) in [5.41, 5.74) is 0. The van der Waals surface area contributed by atoms with Gasteiger partial charge in [-0.1, -0.05) is 12.8 Å². The summed E-state index contributed by atoms with van der Waals surface area (Å²) >= 11 is 4.14. The molecule has 0 spiro atoms. The van der Waals surface area contributed by atoms with Crippen molar-refractivity contribution >= 4 is 12.8 Å². The zero-order chi connectivity index (χ0) is 4.85. The molecule has 40 valence electrons. The lowest BCUT2D eigenvalue weighted by molar-refractivity contribution is -0.177. The largest absolute Gasteiger partial charge is 0.373 e. The quantitative estimate of drug-likeness (QED) is 0.445. The van der Waals surface area contributed by atoms with Crippen molar-refractivity contribution in [2.75, 3.05) is 13.2 Å². The highest BCUT2D eigenvalue weighted by Gasteiger charge is 2.45. The fraction of sp³-hybridized carbons (Fsp3) is 1.00. The molecule has 0 aliphatic carbocycles. The zero-order valence-corrected chi connectivity index (χ0v) is 4.77. The lowest BCUT2D eigenvalue weighted by atomic mass is 9.99. The van der Waals surface area contributed by atoms with Crippen molar-refractivity contribution in [2.24, 2.45) is 0 Å². The van der Waals surface area contributed by atoms with Gasteiger partial charge >= 0.3 is 0 Å². The summed E-state index contributed by atoms with van der Waals surface area (Å²) in [4.78, 5) is 0. The summed E-state index contributed by atoms with van der Waals surface area (Å²) in [5, 5.41) is 0. The fourth-order valence-corrected chi connectivity index (χ4v) is 1.33. The smallest absolute Gasteiger partial charge is 0.0898 e. The van der Waals surface area contributed by atoms with Gasteiger partial charge < -0.3 is 4.74 Å². The molecule has 0 aromatic rings. The van der Waals surface area contributed by atoms with Crippen LogP contribution in [0.5, 0.6) is 0 Å². The van der Waals surface area contributed by atoms with Crippen molar-refractivity contribution in [1.29, 1.82) is 0 Å². The summed E-state index contributed by atoms with van der Waals surface area (Å²) < 4.78 is 7.13. The SMILES string of the molecule is SN1C[C@@H]2OCC21. The molecule has 2 atom stereocenters. The predicted molar refractivity (Wildman–Crippen MR) is 29.2 cm³/mol. The second-order valence-corrected chi connectivity index (χ2v) is 2.57. The first kappa shape index (κ1) is 4.18. The fourth-order valence-electron chi connectivity index (χ4n) is 0.952. The average molecular weight is 117 g/mol. The first-order valence-electron chi connectivity index (χ1n) is 2.45. The van der Waals surface area contributed by atoms with E-state index in [0.29, 0.717) is 12.1 Å².